The second kappa shape index (κ2) is 2.09. The summed E-state index contributed by atoms with van der Waals surface area (Å²) in [7, 11) is 1.81. The number of aromatic nitrogens is 1. The average molecular weight is 126 g/mol. The number of nitrogens with one attached hydrogen (secondary N) is 1. The molecule has 0 saturated carbocycles. The maximum absolute atomic E-state index is 5.14. The Kier molecular flexibility index (Phi) is 1.42. The molecule has 1 aromatic heterocycles. The number of anilines is 1. The Labute approximate surface area is 54.1 Å². The SMILES string of the molecule is CNc1oc(C)nc1C. The summed E-state index contributed by atoms with van der Waals surface area (Å²) < 4.78 is 5.14. The van der Waals surface area contributed by atoms with Crippen molar-refractivity contribution in [2.45, 2.75) is 13.8 Å². The van der Waals surface area contributed by atoms with Crippen LogP contribution in [0.15, 0.2) is 4.42 Å². The van der Waals surface area contributed by atoms with Crippen LogP contribution < -0.4 is 5.32 Å². The second-order valence-corrected chi connectivity index (χ2v) is 1.90. The lowest BCUT2D eigenvalue weighted by Gasteiger charge is -1.89. The molecule has 0 saturated heterocycles. The smallest absolute Gasteiger partial charge is 0.216 e. The maximum Gasteiger partial charge on any atom is 0.216 e. The van der Waals surface area contributed by atoms with Gasteiger partial charge in [0, 0.05) is 14.0 Å². The normalized spacial score (nSPS) is 9.67. The van der Waals surface area contributed by atoms with Crippen LogP contribution in [0, 0.1) is 13.8 Å². The van der Waals surface area contributed by atoms with Crippen LogP contribution >= 0.6 is 0 Å². The minimum atomic E-state index is 0.705. The Balaban J connectivity index is 3.01. The van der Waals surface area contributed by atoms with E-state index in [1.54, 1.807) is 0 Å². The summed E-state index contributed by atoms with van der Waals surface area (Å²) in [4.78, 5) is 4.05. The van der Waals surface area contributed by atoms with Gasteiger partial charge < -0.3 is 9.73 Å². The van der Waals surface area contributed by atoms with Gasteiger partial charge in [0.05, 0.1) is 0 Å². The summed E-state index contributed by atoms with van der Waals surface area (Å²) in [5, 5.41) is 2.89. The molecule has 1 heterocycles. The maximum atomic E-state index is 5.14. The van der Waals surface area contributed by atoms with E-state index in [9.17, 15) is 0 Å². The monoisotopic (exact) mass is 126 g/mol. The molecule has 0 spiro atoms. The van der Waals surface area contributed by atoms with Gasteiger partial charge in [-0.2, -0.15) is 0 Å². The third-order valence-electron chi connectivity index (χ3n) is 1.13. The fourth-order valence-electron chi connectivity index (χ4n) is 0.763. The molecule has 50 valence electrons. The average Bonchev–Trinajstić information content (AvgIpc) is 2.10. The van der Waals surface area contributed by atoms with Gasteiger partial charge in [-0.3, -0.25) is 0 Å². The molecule has 3 heteroatoms. The van der Waals surface area contributed by atoms with Gasteiger partial charge in [0.15, 0.2) is 5.89 Å². The standard InChI is InChI=1S/C6H10N2O/c1-4-6(7-3)9-5(2)8-4/h7H,1-3H3. The number of rotatable bonds is 1. The van der Waals surface area contributed by atoms with Crippen LogP contribution in [-0.2, 0) is 0 Å². The zero-order chi connectivity index (χ0) is 6.85. The van der Waals surface area contributed by atoms with Crippen LogP contribution in [0.3, 0.4) is 0 Å². The van der Waals surface area contributed by atoms with Gasteiger partial charge in [-0.25, -0.2) is 4.98 Å². The summed E-state index contributed by atoms with van der Waals surface area (Å²) in [6.07, 6.45) is 0. The number of hydrogen-bond acceptors (Lipinski definition) is 3. The van der Waals surface area contributed by atoms with Gasteiger partial charge in [0.1, 0.15) is 5.69 Å². The fraction of sp³-hybridized carbons (Fsp3) is 0.500. The number of hydrogen-bond donors (Lipinski definition) is 1. The predicted molar refractivity (Wildman–Crippen MR) is 35.5 cm³/mol. The molecule has 1 rings (SSSR count). The lowest BCUT2D eigenvalue weighted by Crippen LogP contribution is -1.86. The van der Waals surface area contributed by atoms with Crippen molar-refractivity contribution in [3.05, 3.63) is 11.6 Å². The molecule has 0 atom stereocenters. The number of oxazole rings is 1. The molecule has 0 fully saturated rings. The Morgan fingerprint density at radius 2 is 2.11 bits per heavy atom. The number of nitrogens with zero attached hydrogens (tertiary/aromatic N) is 1. The summed E-state index contributed by atoms with van der Waals surface area (Å²) in [5.74, 6) is 1.46. The zero-order valence-electron chi connectivity index (χ0n) is 5.86. The molecule has 0 aliphatic heterocycles. The van der Waals surface area contributed by atoms with Gasteiger partial charge >= 0.3 is 0 Å². The van der Waals surface area contributed by atoms with Crippen LogP contribution in [0.25, 0.3) is 0 Å². The van der Waals surface area contributed by atoms with E-state index >= 15 is 0 Å². The molecule has 0 amide bonds. The van der Waals surface area contributed by atoms with Crippen molar-refractivity contribution < 1.29 is 4.42 Å². The molecule has 0 aromatic carbocycles. The highest BCUT2D eigenvalue weighted by atomic mass is 16.4. The fourth-order valence-corrected chi connectivity index (χ4v) is 0.763. The van der Waals surface area contributed by atoms with Crippen LogP contribution in [0.1, 0.15) is 11.6 Å². The molecule has 0 aliphatic rings. The van der Waals surface area contributed by atoms with Gasteiger partial charge in [-0.15, -0.1) is 0 Å². The van der Waals surface area contributed by atoms with E-state index in [4.69, 9.17) is 4.42 Å². The van der Waals surface area contributed by atoms with Crippen molar-refractivity contribution in [1.29, 1.82) is 0 Å². The molecular weight excluding hydrogens is 116 g/mol. The minimum absolute atomic E-state index is 0.705. The van der Waals surface area contributed by atoms with Crippen LogP contribution in [0.4, 0.5) is 5.88 Å². The lowest BCUT2D eigenvalue weighted by molar-refractivity contribution is 0.535. The Morgan fingerprint density at radius 3 is 2.33 bits per heavy atom. The Hall–Kier alpha value is -0.990. The highest BCUT2D eigenvalue weighted by molar-refractivity contribution is 5.34. The quantitative estimate of drug-likeness (QED) is 0.617. The summed E-state index contributed by atoms with van der Waals surface area (Å²) in [5.41, 5.74) is 0.912. The molecule has 0 bridgehead atoms. The van der Waals surface area contributed by atoms with E-state index in [1.807, 2.05) is 20.9 Å². The van der Waals surface area contributed by atoms with Crippen molar-refractivity contribution >= 4 is 5.88 Å². The van der Waals surface area contributed by atoms with Crippen molar-refractivity contribution in [3.63, 3.8) is 0 Å². The largest absolute Gasteiger partial charge is 0.425 e. The van der Waals surface area contributed by atoms with Crippen molar-refractivity contribution in [1.82, 2.24) is 4.98 Å². The van der Waals surface area contributed by atoms with Crippen molar-refractivity contribution in [3.8, 4) is 0 Å². The minimum Gasteiger partial charge on any atom is -0.425 e. The van der Waals surface area contributed by atoms with Gasteiger partial charge in [-0.1, -0.05) is 0 Å². The van der Waals surface area contributed by atoms with Gasteiger partial charge in [0.2, 0.25) is 5.88 Å². The topological polar surface area (TPSA) is 38.1 Å². The van der Waals surface area contributed by atoms with Gasteiger partial charge in [0.25, 0.3) is 0 Å². The van der Waals surface area contributed by atoms with E-state index in [-0.39, 0.29) is 0 Å². The second-order valence-electron chi connectivity index (χ2n) is 1.90. The molecular formula is C6H10N2O. The zero-order valence-corrected chi connectivity index (χ0v) is 5.86. The van der Waals surface area contributed by atoms with E-state index in [0.29, 0.717) is 5.89 Å². The summed E-state index contributed by atoms with van der Waals surface area (Å²) in [6, 6.07) is 0. The number of aryl methyl sites for hydroxylation is 2. The Morgan fingerprint density at radius 1 is 1.44 bits per heavy atom. The molecule has 9 heavy (non-hydrogen) atoms. The molecule has 1 N–H and O–H groups in total. The van der Waals surface area contributed by atoms with Crippen LogP contribution in [0.2, 0.25) is 0 Å². The van der Waals surface area contributed by atoms with Crippen molar-refractivity contribution in [2.24, 2.45) is 0 Å². The third kappa shape index (κ3) is 1.04. The first kappa shape index (κ1) is 6.13. The van der Waals surface area contributed by atoms with Crippen LogP contribution in [-0.4, -0.2) is 12.0 Å². The molecule has 0 unspecified atom stereocenters. The first-order chi connectivity index (χ1) is 4.24. The first-order valence-electron chi connectivity index (χ1n) is 2.86. The molecule has 3 nitrogen and oxygen atoms in total. The van der Waals surface area contributed by atoms with E-state index in [0.717, 1.165) is 11.6 Å². The van der Waals surface area contributed by atoms with Crippen LogP contribution in [0.5, 0.6) is 0 Å². The molecule has 0 radical (unpaired) electrons. The van der Waals surface area contributed by atoms with Crippen molar-refractivity contribution in [2.75, 3.05) is 12.4 Å². The van der Waals surface area contributed by atoms with E-state index in [1.165, 1.54) is 0 Å². The summed E-state index contributed by atoms with van der Waals surface area (Å²) in [6.45, 7) is 3.73. The predicted octanol–water partition coefficient (Wildman–Crippen LogP) is 1.33. The van der Waals surface area contributed by atoms with E-state index in [2.05, 4.69) is 10.3 Å². The highest BCUT2D eigenvalue weighted by Gasteiger charge is 2.01. The molecule has 0 aliphatic carbocycles. The summed E-state index contributed by atoms with van der Waals surface area (Å²) >= 11 is 0. The third-order valence-corrected chi connectivity index (χ3v) is 1.13. The Bertz CT molecular complexity index is 205. The van der Waals surface area contributed by atoms with E-state index < -0.39 is 0 Å². The molecule has 1 aromatic rings. The van der Waals surface area contributed by atoms with Gasteiger partial charge in [-0.05, 0) is 6.92 Å². The highest BCUT2D eigenvalue weighted by Crippen LogP contribution is 2.13. The lowest BCUT2D eigenvalue weighted by atomic mass is 10.5. The first-order valence-corrected chi connectivity index (χ1v) is 2.86.